The van der Waals surface area contributed by atoms with Crippen LogP contribution in [0.25, 0.3) is 22.6 Å². The molecule has 130 valence electrons. The lowest BCUT2D eigenvalue weighted by Crippen LogP contribution is -2.17. The van der Waals surface area contributed by atoms with Crippen molar-refractivity contribution in [1.82, 2.24) is 4.98 Å². The van der Waals surface area contributed by atoms with Gasteiger partial charge >= 0.3 is 0 Å². The molecule has 1 amide bonds. The van der Waals surface area contributed by atoms with E-state index in [1.807, 2.05) is 26.0 Å². The van der Waals surface area contributed by atoms with E-state index >= 15 is 0 Å². The van der Waals surface area contributed by atoms with E-state index in [1.54, 1.807) is 38.5 Å². The zero-order valence-electron chi connectivity index (χ0n) is 14.6. The van der Waals surface area contributed by atoms with Crippen molar-refractivity contribution in [2.75, 3.05) is 19.5 Å². The Morgan fingerprint density at radius 1 is 1.08 bits per heavy atom. The van der Waals surface area contributed by atoms with Crippen molar-refractivity contribution in [1.29, 1.82) is 0 Å². The molecule has 0 saturated carbocycles. The smallest absolute Gasteiger partial charge is 0.227 e. The fraction of sp³-hybridized carbons (Fsp3) is 0.263. The van der Waals surface area contributed by atoms with Gasteiger partial charge in [0, 0.05) is 17.2 Å². The minimum atomic E-state index is -0.0877. The first kappa shape index (κ1) is 16.8. The molecule has 3 aromatic rings. The predicted molar refractivity (Wildman–Crippen MR) is 96.0 cm³/mol. The molecule has 0 fully saturated rings. The molecule has 25 heavy (non-hydrogen) atoms. The summed E-state index contributed by atoms with van der Waals surface area (Å²) < 4.78 is 16.4. The average Bonchev–Trinajstić information content (AvgIpc) is 3.04. The third-order valence-electron chi connectivity index (χ3n) is 3.81. The second-order valence-electron chi connectivity index (χ2n) is 5.92. The first-order valence-corrected chi connectivity index (χ1v) is 7.95. The summed E-state index contributed by atoms with van der Waals surface area (Å²) in [5.74, 6) is 1.59. The van der Waals surface area contributed by atoms with Crippen molar-refractivity contribution in [3.8, 4) is 23.0 Å². The van der Waals surface area contributed by atoms with Crippen LogP contribution in [0.1, 0.15) is 13.8 Å². The largest absolute Gasteiger partial charge is 0.493 e. The van der Waals surface area contributed by atoms with Crippen LogP contribution >= 0.6 is 0 Å². The molecular weight excluding hydrogens is 320 g/mol. The molecule has 2 aromatic carbocycles. The molecule has 0 atom stereocenters. The zero-order valence-corrected chi connectivity index (χ0v) is 14.6. The Morgan fingerprint density at radius 3 is 2.52 bits per heavy atom. The predicted octanol–water partition coefficient (Wildman–Crippen LogP) is 4.11. The highest BCUT2D eigenvalue weighted by atomic mass is 16.5. The topological polar surface area (TPSA) is 73.6 Å². The molecule has 1 heterocycles. The second-order valence-corrected chi connectivity index (χ2v) is 5.92. The van der Waals surface area contributed by atoms with Gasteiger partial charge in [-0.1, -0.05) is 13.8 Å². The normalized spacial score (nSPS) is 10.9. The Kier molecular flexibility index (Phi) is 4.61. The van der Waals surface area contributed by atoms with Gasteiger partial charge in [-0.15, -0.1) is 0 Å². The second kappa shape index (κ2) is 6.84. The number of hydrogen-bond acceptors (Lipinski definition) is 5. The molecule has 0 bridgehead atoms. The lowest BCUT2D eigenvalue weighted by molar-refractivity contribution is -0.118. The fourth-order valence-corrected chi connectivity index (χ4v) is 2.38. The van der Waals surface area contributed by atoms with E-state index in [0.29, 0.717) is 34.2 Å². The van der Waals surface area contributed by atoms with Gasteiger partial charge in [-0.3, -0.25) is 4.79 Å². The molecule has 0 aliphatic rings. The zero-order chi connectivity index (χ0) is 18.0. The molecule has 3 rings (SSSR count). The number of benzene rings is 2. The van der Waals surface area contributed by atoms with Crippen LogP contribution in [0.15, 0.2) is 40.8 Å². The highest BCUT2D eigenvalue weighted by molar-refractivity contribution is 5.94. The van der Waals surface area contributed by atoms with Gasteiger partial charge in [0.2, 0.25) is 11.8 Å². The third-order valence-corrected chi connectivity index (χ3v) is 3.81. The summed E-state index contributed by atoms with van der Waals surface area (Å²) in [5, 5.41) is 2.86. The fourth-order valence-electron chi connectivity index (χ4n) is 2.38. The van der Waals surface area contributed by atoms with Gasteiger partial charge in [-0.25, -0.2) is 4.98 Å². The van der Waals surface area contributed by atoms with Gasteiger partial charge in [-0.2, -0.15) is 0 Å². The van der Waals surface area contributed by atoms with Crippen LogP contribution in [0.2, 0.25) is 0 Å². The summed E-state index contributed by atoms with van der Waals surface area (Å²) in [4.78, 5) is 16.3. The highest BCUT2D eigenvalue weighted by Crippen LogP contribution is 2.33. The lowest BCUT2D eigenvalue weighted by Gasteiger charge is -2.07. The molecule has 6 heteroatoms. The summed E-state index contributed by atoms with van der Waals surface area (Å²) in [5.41, 5.74) is 2.79. The van der Waals surface area contributed by atoms with Gasteiger partial charge in [0.25, 0.3) is 0 Å². The number of nitrogens with zero attached hydrogens (tertiary/aromatic N) is 1. The van der Waals surface area contributed by atoms with Crippen LogP contribution in [0.5, 0.6) is 11.5 Å². The average molecular weight is 340 g/mol. The number of anilines is 1. The summed E-state index contributed by atoms with van der Waals surface area (Å²) in [7, 11) is 3.17. The molecule has 6 nitrogen and oxygen atoms in total. The van der Waals surface area contributed by atoms with E-state index in [2.05, 4.69) is 10.3 Å². The standard InChI is InChI=1S/C19H20N2O4/c1-11(2)18(22)20-13-6-8-15-14(10-13)21-19(25-15)12-5-7-16(23-3)17(9-12)24-4/h5-11H,1-4H3,(H,20,22). The van der Waals surface area contributed by atoms with Crippen molar-refractivity contribution in [2.45, 2.75) is 13.8 Å². The number of nitrogens with one attached hydrogen (secondary N) is 1. The van der Waals surface area contributed by atoms with Crippen LogP contribution in [-0.2, 0) is 4.79 Å². The Labute approximate surface area is 145 Å². The summed E-state index contributed by atoms with van der Waals surface area (Å²) >= 11 is 0. The molecular formula is C19H20N2O4. The Morgan fingerprint density at radius 2 is 1.84 bits per heavy atom. The SMILES string of the molecule is COc1ccc(-c2nc3cc(NC(=O)C(C)C)ccc3o2)cc1OC. The molecule has 1 N–H and O–H groups in total. The quantitative estimate of drug-likeness (QED) is 0.757. The molecule has 0 spiro atoms. The van der Waals surface area contributed by atoms with Gasteiger partial charge in [-0.05, 0) is 36.4 Å². The summed E-state index contributed by atoms with van der Waals surface area (Å²) in [6.45, 7) is 3.69. The van der Waals surface area contributed by atoms with Crippen molar-refractivity contribution in [3.05, 3.63) is 36.4 Å². The van der Waals surface area contributed by atoms with Crippen LogP contribution in [0.4, 0.5) is 5.69 Å². The molecule has 0 aliphatic carbocycles. The number of amides is 1. The van der Waals surface area contributed by atoms with Crippen LogP contribution < -0.4 is 14.8 Å². The number of methoxy groups -OCH3 is 2. The molecule has 0 saturated heterocycles. The maximum absolute atomic E-state index is 11.8. The first-order chi connectivity index (χ1) is 12.0. The molecule has 0 radical (unpaired) electrons. The monoisotopic (exact) mass is 340 g/mol. The maximum atomic E-state index is 11.8. The molecule has 0 aliphatic heterocycles. The van der Waals surface area contributed by atoms with E-state index in [0.717, 1.165) is 5.56 Å². The number of fused-ring (bicyclic) bond motifs is 1. The number of ether oxygens (including phenoxy) is 2. The van der Waals surface area contributed by atoms with Crippen molar-refractivity contribution in [2.24, 2.45) is 5.92 Å². The first-order valence-electron chi connectivity index (χ1n) is 7.95. The van der Waals surface area contributed by atoms with Crippen LogP contribution in [-0.4, -0.2) is 25.1 Å². The minimum absolute atomic E-state index is 0.0389. The lowest BCUT2D eigenvalue weighted by atomic mass is 10.2. The number of carbonyl (C=O) groups is 1. The number of carbonyl (C=O) groups excluding carboxylic acids is 1. The molecule has 0 unspecified atom stereocenters. The Hall–Kier alpha value is -3.02. The maximum Gasteiger partial charge on any atom is 0.227 e. The van der Waals surface area contributed by atoms with Gasteiger partial charge < -0.3 is 19.2 Å². The summed E-state index contributed by atoms with van der Waals surface area (Å²) in [6, 6.07) is 10.9. The minimum Gasteiger partial charge on any atom is -0.493 e. The Balaban J connectivity index is 1.95. The number of hydrogen-bond donors (Lipinski definition) is 1. The highest BCUT2D eigenvalue weighted by Gasteiger charge is 2.13. The van der Waals surface area contributed by atoms with E-state index in [1.165, 1.54) is 0 Å². The van der Waals surface area contributed by atoms with E-state index in [-0.39, 0.29) is 11.8 Å². The van der Waals surface area contributed by atoms with E-state index in [4.69, 9.17) is 13.9 Å². The van der Waals surface area contributed by atoms with Crippen LogP contribution in [0.3, 0.4) is 0 Å². The van der Waals surface area contributed by atoms with Gasteiger partial charge in [0.15, 0.2) is 17.1 Å². The summed E-state index contributed by atoms with van der Waals surface area (Å²) in [6.07, 6.45) is 0. The molecule has 1 aromatic heterocycles. The third kappa shape index (κ3) is 3.42. The van der Waals surface area contributed by atoms with Gasteiger partial charge in [0.05, 0.1) is 14.2 Å². The van der Waals surface area contributed by atoms with E-state index < -0.39 is 0 Å². The number of aromatic nitrogens is 1. The van der Waals surface area contributed by atoms with Crippen LogP contribution in [0, 0.1) is 5.92 Å². The van der Waals surface area contributed by atoms with Crippen molar-refractivity contribution >= 4 is 22.7 Å². The Bertz CT molecular complexity index is 915. The number of rotatable bonds is 5. The van der Waals surface area contributed by atoms with E-state index in [9.17, 15) is 4.79 Å². The van der Waals surface area contributed by atoms with Crippen molar-refractivity contribution < 1.29 is 18.7 Å². The van der Waals surface area contributed by atoms with Gasteiger partial charge in [0.1, 0.15) is 5.52 Å². The van der Waals surface area contributed by atoms with Crippen molar-refractivity contribution in [3.63, 3.8) is 0 Å². The number of oxazole rings is 1.